The summed E-state index contributed by atoms with van der Waals surface area (Å²) in [5.74, 6) is -1.31. The maximum absolute atomic E-state index is 14.1. The van der Waals surface area contributed by atoms with Gasteiger partial charge in [-0.2, -0.15) is 13.2 Å². The number of alkyl halides is 3. The van der Waals surface area contributed by atoms with E-state index in [-0.39, 0.29) is 33.6 Å². The summed E-state index contributed by atoms with van der Waals surface area (Å²) in [7, 11) is -4.56. The van der Waals surface area contributed by atoms with Gasteiger partial charge in [0.1, 0.15) is 12.6 Å². The molecule has 0 aliphatic rings. The number of hydrogen-bond donors (Lipinski definition) is 1. The van der Waals surface area contributed by atoms with Crippen LogP contribution in [0.2, 0.25) is 10.0 Å². The Morgan fingerprint density at radius 3 is 2.14 bits per heavy atom. The number of aryl methyl sites for hydroxylation is 1. The molecule has 0 heterocycles. The molecule has 0 spiro atoms. The molecule has 0 aliphatic carbocycles. The molecule has 0 saturated carbocycles. The third kappa shape index (κ3) is 8.67. The summed E-state index contributed by atoms with van der Waals surface area (Å²) in [5, 5.41) is 3.24. The van der Waals surface area contributed by atoms with Crippen molar-refractivity contribution >= 4 is 50.7 Å². The van der Waals surface area contributed by atoms with Crippen LogP contribution in [0.3, 0.4) is 0 Å². The second kappa shape index (κ2) is 15.1. The van der Waals surface area contributed by atoms with Crippen LogP contribution in [0.15, 0.2) is 71.6 Å². The standard InChI is InChI=1S/C31H34Cl2F3N3O4S/c1-4-6-17-37-30(41)28(5-2)38(19-25-26(32)11-8-12-27(25)33)29(40)20-39(23-10-7-9-22(18-23)31(34,35)36)44(42,43)24-15-13-21(3)14-16-24/h7-16,18,28H,4-6,17,19-20H2,1-3H3,(H,37,41). The number of nitrogens with zero attached hydrogens (tertiary/aromatic N) is 2. The zero-order chi connectivity index (χ0) is 32.7. The van der Waals surface area contributed by atoms with Crippen molar-refractivity contribution < 1.29 is 31.2 Å². The summed E-state index contributed by atoms with van der Waals surface area (Å²) in [6.45, 7) is 4.59. The SMILES string of the molecule is CCCCNC(=O)C(CC)N(Cc1c(Cl)cccc1Cl)C(=O)CN(c1cccc(C(F)(F)F)c1)S(=O)(=O)c1ccc(C)cc1. The molecule has 0 saturated heterocycles. The van der Waals surface area contributed by atoms with E-state index in [2.05, 4.69) is 5.32 Å². The molecular formula is C31H34Cl2F3N3O4S. The van der Waals surface area contributed by atoms with Crippen LogP contribution in [-0.4, -0.2) is 44.3 Å². The second-order valence-corrected chi connectivity index (χ2v) is 12.8. The summed E-state index contributed by atoms with van der Waals surface area (Å²) >= 11 is 12.8. The molecule has 7 nitrogen and oxygen atoms in total. The highest BCUT2D eigenvalue weighted by Crippen LogP contribution is 2.34. The highest BCUT2D eigenvalue weighted by molar-refractivity contribution is 7.92. The molecule has 0 radical (unpaired) electrons. The number of unbranched alkanes of at least 4 members (excludes halogenated alkanes) is 1. The summed E-state index contributed by atoms with van der Waals surface area (Å²) in [6.07, 6.45) is -3.10. The third-order valence-electron chi connectivity index (χ3n) is 6.95. The molecule has 2 amide bonds. The summed E-state index contributed by atoms with van der Waals surface area (Å²) in [4.78, 5) is 28.4. The molecule has 0 bridgehead atoms. The molecule has 3 rings (SSSR count). The van der Waals surface area contributed by atoms with Crippen molar-refractivity contribution in [1.29, 1.82) is 0 Å². The predicted octanol–water partition coefficient (Wildman–Crippen LogP) is 7.24. The van der Waals surface area contributed by atoms with Gasteiger partial charge in [-0.25, -0.2) is 8.42 Å². The van der Waals surface area contributed by atoms with Crippen molar-refractivity contribution in [1.82, 2.24) is 10.2 Å². The van der Waals surface area contributed by atoms with E-state index in [0.717, 1.165) is 24.1 Å². The summed E-state index contributed by atoms with van der Waals surface area (Å²) < 4.78 is 69.5. The Hall–Kier alpha value is -3.28. The molecule has 3 aromatic rings. The number of rotatable bonds is 13. The average molecular weight is 673 g/mol. The van der Waals surface area contributed by atoms with Gasteiger partial charge in [0.25, 0.3) is 10.0 Å². The smallest absolute Gasteiger partial charge is 0.354 e. The molecule has 1 unspecified atom stereocenters. The second-order valence-electron chi connectivity index (χ2n) is 10.2. The van der Waals surface area contributed by atoms with Crippen molar-refractivity contribution in [3.05, 3.63) is 93.5 Å². The minimum Gasteiger partial charge on any atom is -0.354 e. The van der Waals surface area contributed by atoms with Crippen molar-refractivity contribution in [2.75, 3.05) is 17.4 Å². The van der Waals surface area contributed by atoms with Gasteiger partial charge in [0.05, 0.1) is 16.1 Å². The lowest BCUT2D eigenvalue weighted by Crippen LogP contribution is -2.52. The highest BCUT2D eigenvalue weighted by atomic mass is 35.5. The Morgan fingerprint density at radius 2 is 1.57 bits per heavy atom. The first kappa shape index (κ1) is 35.2. The Morgan fingerprint density at radius 1 is 0.955 bits per heavy atom. The Balaban J connectivity index is 2.14. The zero-order valence-corrected chi connectivity index (χ0v) is 26.8. The van der Waals surface area contributed by atoms with Gasteiger partial charge >= 0.3 is 6.18 Å². The maximum Gasteiger partial charge on any atom is 0.416 e. The molecule has 238 valence electrons. The number of benzene rings is 3. The van der Waals surface area contributed by atoms with E-state index in [9.17, 15) is 31.2 Å². The fraction of sp³-hybridized carbons (Fsp3) is 0.355. The number of halogens is 5. The van der Waals surface area contributed by atoms with Crippen LogP contribution in [0.1, 0.15) is 49.8 Å². The van der Waals surface area contributed by atoms with Crippen LogP contribution < -0.4 is 9.62 Å². The van der Waals surface area contributed by atoms with Gasteiger partial charge in [0.15, 0.2) is 0 Å². The Bertz CT molecular complexity index is 1550. The first-order valence-electron chi connectivity index (χ1n) is 14.0. The molecule has 0 aromatic heterocycles. The molecule has 44 heavy (non-hydrogen) atoms. The van der Waals surface area contributed by atoms with E-state index in [1.165, 1.54) is 23.1 Å². The van der Waals surface area contributed by atoms with Gasteiger partial charge in [0, 0.05) is 28.7 Å². The number of anilines is 1. The number of amides is 2. The van der Waals surface area contributed by atoms with Crippen LogP contribution in [-0.2, 0) is 32.3 Å². The average Bonchev–Trinajstić information content (AvgIpc) is 2.97. The Kier molecular flexibility index (Phi) is 12.1. The number of sulfonamides is 1. The first-order valence-corrected chi connectivity index (χ1v) is 16.2. The maximum atomic E-state index is 14.1. The quantitative estimate of drug-likeness (QED) is 0.194. The molecule has 0 fully saturated rings. The Labute approximate surface area is 266 Å². The molecule has 0 aliphatic heterocycles. The molecule has 1 N–H and O–H groups in total. The molecule has 13 heteroatoms. The molecular weight excluding hydrogens is 638 g/mol. The van der Waals surface area contributed by atoms with Crippen molar-refractivity contribution in [3.63, 3.8) is 0 Å². The van der Waals surface area contributed by atoms with Crippen molar-refractivity contribution in [3.8, 4) is 0 Å². The molecule has 3 aromatic carbocycles. The van der Waals surface area contributed by atoms with Gasteiger partial charge < -0.3 is 10.2 Å². The van der Waals surface area contributed by atoms with E-state index in [0.29, 0.717) is 28.9 Å². The van der Waals surface area contributed by atoms with Crippen LogP contribution in [0, 0.1) is 6.92 Å². The van der Waals surface area contributed by atoms with E-state index >= 15 is 0 Å². The van der Waals surface area contributed by atoms with Crippen LogP contribution in [0.25, 0.3) is 0 Å². The van der Waals surface area contributed by atoms with Gasteiger partial charge in [0.2, 0.25) is 11.8 Å². The normalized spacial score (nSPS) is 12.5. The van der Waals surface area contributed by atoms with E-state index in [1.807, 2.05) is 6.92 Å². The number of carbonyl (C=O) groups is 2. The predicted molar refractivity (Wildman–Crippen MR) is 166 cm³/mol. The topological polar surface area (TPSA) is 86.8 Å². The van der Waals surface area contributed by atoms with Crippen molar-refractivity contribution in [2.24, 2.45) is 0 Å². The minimum absolute atomic E-state index is 0.153. The molecule has 1 atom stereocenters. The van der Waals surface area contributed by atoms with Gasteiger partial charge in [-0.15, -0.1) is 0 Å². The fourth-order valence-electron chi connectivity index (χ4n) is 4.48. The fourth-order valence-corrected chi connectivity index (χ4v) is 6.41. The lowest BCUT2D eigenvalue weighted by Gasteiger charge is -2.33. The van der Waals surface area contributed by atoms with Crippen molar-refractivity contribution in [2.45, 2.75) is 63.7 Å². The van der Waals surface area contributed by atoms with E-state index in [4.69, 9.17) is 23.2 Å². The highest BCUT2D eigenvalue weighted by Gasteiger charge is 2.36. The van der Waals surface area contributed by atoms with Gasteiger partial charge in [-0.3, -0.25) is 13.9 Å². The lowest BCUT2D eigenvalue weighted by molar-refractivity contribution is -0.140. The largest absolute Gasteiger partial charge is 0.416 e. The number of nitrogens with one attached hydrogen (secondary N) is 1. The summed E-state index contributed by atoms with van der Waals surface area (Å²) in [5.41, 5.74) is -0.373. The monoisotopic (exact) mass is 671 g/mol. The van der Waals surface area contributed by atoms with Gasteiger partial charge in [-0.1, -0.05) is 73.3 Å². The number of carbonyl (C=O) groups excluding carboxylic acids is 2. The van der Waals surface area contributed by atoms with E-state index in [1.54, 1.807) is 44.2 Å². The third-order valence-corrected chi connectivity index (χ3v) is 9.45. The summed E-state index contributed by atoms with van der Waals surface area (Å²) in [6, 6.07) is 13.1. The van der Waals surface area contributed by atoms with Gasteiger partial charge in [-0.05, 0) is 62.2 Å². The van der Waals surface area contributed by atoms with E-state index < -0.39 is 46.2 Å². The van der Waals surface area contributed by atoms with Crippen LogP contribution in [0.5, 0.6) is 0 Å². The van der Waals surface area contributed by atoms with Crippen LogP contribution in [0.4, 0.5) is 18.9 Å². The lowest BCUT2D eigenvalue weighted by atomic mass is 10.1. The number of hydrogen-bond acceptors (Lipinski definition) is 4. The van der Waals surface area contributed by atoms with Crippen LogP contribution >= 0.6 is 23.2 Å². The zero-order valence-electron chi connectivity index (χ0n) is 24.5. The minimum atomic E-state index is -4.77. The first-order chi connectivity index (χ1) is 20.7.